The normalized spacial score (nSPS) is 20.5. The fourth-order valence-electron chi connectivity index (χ4n) is 2.73. The Bertz CT molecular complexity index is 721. The highest BCUT2D eigenvalue weighted by Crippen LogP contribution is 2.40. The van der Waals surface area contributed by atoms with Crippen LogP contribution in [0.3, 0.4) is 0 Å². The van der Waals surface area contributed by atoms with E-state index < -0.39 is 0 Å². The molecule has 4 rings (SSSR count). The highest BCUT2D eigenvalue weighted by molar-refractivity contribution is 7.99. The van der Waals surface area contributed by atoms with E-state index >= 15 is 0 Å². The molecule has 0 saturated heterocycles. The number of anilines is 1. The minimum atomic E-state index is -0.201. The zero-order valence-electron chi connectivity index (χ0n) is 11.9. The van der Waals surface area contributed by atoms with E-state index in [1.165, 1.54) is 6.07 Å². The van der Waals surface area contributed by atoms with Crippen molar-refractivity contribution in [1.82, 2.24) is 9.97 Å². The zero-order chi connectivity index (χ0) is 15.1. The summed E-state index contributed by atoms with van der Waals surface area (Å²) in [5, 5.41) is 3.87. The Hall–Kier alpha value is -1.33. The van der Waals surface area contributed by atoms with Crippen LogP contribution in [0.4, 0.5) is 10.2 Å². The van der Waals surface area contributed by atoms with Crippen molar-refractivity contribution in [1.29, 1.82) is 0 Å². The number of halogens is 2. The van der Waals surface area contributed by atoms with Crippen molar-refractivity contribution in [2.75, 3.05) is 11.1 Å². The summed E-state index contributed by atoms with van der Waals surface area (Å²) in [4.78, 5) is 10.0. The molecule has 0 spiro atoms. The predicted molar refractivity (Wildman–Crippen MR) is 87.1 cm³/mol. The second-order valence-electron chi connectivity index (χ2n) is 5.72. The molecule has 1 N–H and O–H groups in total. The van der Waals surface area contributed by atoms with E-state index in [4.69, 9.17) is 11.6 Å². The van der Waals surface area contributed by atoms with Crippen LogP contribution in [0.25, 0.3) is 0 Å². The van der Waals surface area contributed by atoms with Crippen LogP contribution in [-0.2, 0) is 0 Å². The third kappa shape index (κ3) is 2.92. The van der Waals surface area contributed by atoms with Gasteiger partial charge in [0.25, 0.3) is 0 Å². The molecular weight excluding hydrogens is 321 g/mol. The molecule has 2 heterocycles. The Morgan fingerprint density at radius 3 is 2.86 bits per heavy atom. The molecule has 6 heteroatoms. The maximum absolute atomic E-state index is 13.6. The van der Waals surface area contributed by atoms with E-state index in [0.29, 0.717) is 11.1 Å². The summed E-state index contributed by atoms with van der Waals surface area (Å²) in [7, 11) is 0. The fraction of sp³-hybridized carbons (Fsp3) is 0.375. The van der Waals surface area contributed by atoms with E-state index in [0.717, 1.165) is 47.1 Å². The topological polar surface area (TPSA) is 37.8 Å². The molecule has 0 amide bonds. The molecule has 0 bridgehead atoms. The van der Waals surface area contributed by atoms with E-state index in [2.05, 4.69) is 15.3 Å². The first-order valence-electron chi connectivity index (χ1n) is 7.42. The minimum Gasteiger partial charge on any atom is -0.363 e. The van der Waals surface area contributed by atoms with Crippen LogP contribution < -0.4 is 5.32 Å². The number of nitrogens with zero attached hydrogens (tertiary/aromatic N) is 2. The molecule has 1 fully saturated rings. The zero-order valence-corrected chi connectivity index (χ0v) is 13.4. The van der Waals surface area contributed by atoms with Gasteiger partial charge >= 0.3 is 0 Å². The van der Waals surface area contributed by atoms with Crippen molar-refractivity contribution in [3.05, 3.63) is 46.6 Å². The first kappa shape index (κ1) is 14.3. The SMILES string of the molecule is Fc1ccc2c(c1)C(Nc1cc(Cl)nc(C3CC3)n1)CCS2. The minimum absolute atomic E-state index is 0.0602. The maximum Gasteiger partial charge on any atom is 0.135 e. The average molecular weight is 336 g/mol. The molecule has 1 aliphatic heterocycles. The summed E-state index contributed by atoms with van der Waals surface area (Å²) in [5.41, 5.74) is 0.999. The van der Waals surface area contributed by atoms with Crippen LogP contribution >= 0.6 is 23.4 Å². The summed E-state index contributed by atoms with van der Waals surface area (Å²) < 4.78 is 13.6. The third-order valence-corrected chi connectivity index (χ3v) is 5.30. The van der Waals surface area contributed by atoms with Crippen LogP contribution in [0.15, 0.2) is 29.2 Å². The lowest BCUT2D eigenvalue weighted by atomic mass is 10.0. The molecule has 1 aliphatic carbocycles. The van der Waals surface area contributed by atoms with E-state index in [9.17, 15) is 4.39 Å². The molecule has 1 aromatic carbocycles. The van der Waals surface area contributed by atoms with Crippen molar-refractivity contribution >= 4 is 29.2 Å². The first-order valence-corrected chi connectivity index (χ1v) is 8.78. The smallest absolute Gasteiger partial charge is 0.135 e. The molecule has 3 nitrogen and oxygen atoms in total. The van der Waals surface area contributed by atoms with E-state index in [1.54, 1.807) is 23.9 Å². The molecule has 1 aromatic heterocycles. The number of benzene rings is 1. The summed E-state index contributed by atoms with van der Waals surface area (Å²) in [5.74, 6) is 2.80. The highest BCUT2D eigenvalue weighted by atomic mass is 35.5. The number of rotatable bonds is 3. The van der Waals surface area contributed by atoms with Gasteiger partial charge in [-0.15, -0.1) is 11.8 Å². The molecule has 0 radical (unpaired) electrons. The predicted octanol–water partition coefficient (Wildman–Crippen LogP) is 4.80. The summed E-state index contributed by atoms with van der Waals surface area (Å²) in [6.07, 6.45) is 3.20. The standard InChI is InChI=1S/C16H15ClFN3S/c17-14-8-15(21-16(20-14)9-1-2-9)19-12-5-6-22-13-4-3-10(18)7-11(12)13/h3-4,7-9,12H,1-2,5-6H2,(H,19,20,21). The fourth-order valence-corrected chi connectivity index (χ4v) is 4.02. The second kappa shape index (κ2) is 5.70. The quantitative estimate of drug-likeness (QED) is 0.818. The number of fused-ring (bicyclic) bond motifs is 1. The van der Waals surface area contributed by atoms with Crippen LogP contribution in [0.5, 0.6) is 0 Å². The molecule has 1 unspecified atom stereocenters. The molecule has 114 valence electrons. The number of hydrogen-bond acceptors (Lipinski definition) is 4. The van der Waals surface area contributed by atoms with Gasteiger partial charge in [0.1, 0.15) is 22.6 Å². The van der Waals surface area contributed by atoms with Crippen molar-refractivity contribution in [2.24, 2.45) is 0 Å². The Kier molecular flexibility index (Phi) is 3.70. The van der Waals surface area contributed by atoms with Gasteiger partial charge in [0.05, 0.1) is 6.04 Å². The maximum atomic E-state index is 13.6. The van der Waals surface area contributed by atoms with Crippen LogP contribution in [-0.4, -0.2) is 15.7 Å². The lowest BCUT2D eigenvalue weighted by Gasteiger charge is -2.26. The monoisotopic (exact) mass is 335 g/mol. The van der Waals surface area contributed by atoms with Crippen LogP contribution in [0.2, 0.25) is 5.15 Å². The number of thioether (sulfide) groups is 1. The highest BCUT2D eigenvalue weighted by Gasteiger charge is 2.28. The lowest BCUT2D eigenvalue weighted by molar-refractivity contribution is 0.615. The summed E-state index contributed by atoms with van der Waals surface area (Å²) >= 11 is 7.88. The van der Waals surface area contributed by atoms with Crippen molar-refractivity contribution < 1.29 is 4.39 Å². The van der Waals surface area contributed by atoms with Gasteiger partial charge in [-0.2, -0.15) is 0 Å². The van der Waals surface area contributed by atoms with Crippen molar-refractivity contribution in [3.63, 3.8) is 0 Å². The molecular formula is C16H15ClFN3S. The third-order valence-electron chi connectivity index (χ3n) is 3.99. The summed E-state index contributed by atoms with van der Waals surface area (Å²) in [6, 6.07) is 6.79. The largest absolute Gasteiger partial charge is 0.363 e. The Labute approximate surface area is 137 Å². The molecule has 22 heavy (non-hydrogen) atoms. The summed E-state index contributed by atoms with van der Waals surface area (Å²) in [6.45, 7) is 0. The van der Waals surface area contributed by atoms with Crippen LogP contribution in [0.1, 0.15) is 42.6 Å². The first-order chi connectivity index (χ1) is 10.7. The number of aromatic nitrogens is 2. The van der Waals surface area contributed by atoms with Gasteiger partial charge in [-0.05, 0) is 43.0 Å². The van der Waals surface area contributed by atoms with Gasteiger partial charge < -0.3 is 5.32 Å². The van der Waals surface area contributed by atoms with Gasteiger partial charge in [-0.1, -0.05) is 11.6 Å². The van der Waals surface area contributed by atoms with Crippen molar-refractivity contribution in [2.45, 2.75) is 36.1 Å². The Morgan fingerprint density at radius 1 is 1.18 bits per heavy atom. The number of hydrogen-bond donors (Lipinski definition) is 1. The van der Waals surface area contributed by atoms with Crippen molar-refractivity contribution in [3.8, 4) is 0 Å². The van der Waals surface area contributed by atoms with Gasteiger partial charge in [0.15, 0.2) is 0 Å². The van der Waals surface area contributed by atoms with E-state index in [1.807, 2.05) is 6.07 Å². The second-order valence-corrected chi connectivity index (χ2v) is 7.25. The van der Waals surface area contributed by atoms with E-state index in [-0.39, 0.29) is 11.9 Å². The van der Waals surface area contributed by atoms with Gasteiger partial charge in [0, 0.05) is 22.6 Å². The van der Waals surface area contributed by atoms with Crippen LogP contribution in [0, 0.1) is 5.82 Å². The molecule has 1 atom stereocenters. The molecule has 2 aromatic rings. The number of nitrogens with one attached hydrogen (secondary N) is 1. The Morgan fingerprint density at radius 2 is 2.05 bits per heavy atom. The lowest BCUT2D eigenvalue weighted by Crippen LogP contribution is -2.17. The van der Waals surface area contributed by atoms with Gasteiger partial charge in [0.2, 0.25) is 0 Å². The molecule has 2 aliphatic rings. The van der Waals surface area contributed by atoms with Gasteiger partial charge in [-0.3, -0.25) is 0 Å². The average Bonchev–Trinajstić information content (AvgIpc) is 3.32. The molecule has 1 saturated carbocycles. The van der Waals surface area contributed by atoms with Gasteiger partial charge in [-0.25, -0.2) is 14.4 Å². The Balaban J connectivity index is 1.63.